The van der Waals surface area contributed by atoms with Gasteiger partial charge in [0.2, 0.25) is 0 Å². The first-order chi connectivity index (χ1) is 17.5. The minimum absolute atomic E-state index is 0.0515. The summed E-state index contributed by atoms with van der Waals surface area (Å²) < 4.78 is 46.1. The summed E-state index contributed by atoms with van der Waals surface area (Å²) in [6, 6.07) is 16.6. The van der Waals surface area contributed by atoms with Gasteiger partial charge in [0.25, 0.3) is 5.91 Å². The smallest absolute Gasteiger partial charge is 0.416 e. The van der Waals surface area contributed by atoms with Crippen molar-refractivity contribution in [2.75, 3.05) is 11.9 Å². The van der Waals surface area contributed by atoms with Crippen LogP contribution in [0.2, 0.25) is 0 Å². The number of alkyl halides is 3. The number of ether oxygens (including phenoxy) is 1. The highest BCUT2D eigenvalue weighted by Crippen LogP contribution is 2.45. The maximum atomic E-state index is 13.4. The van der Waals surface area contributed by atoms with E-state index in [9.17, 15) is 27.9 Å². The topological polar surface area (TPSA) is 75.6 Å². The van der Waals surface area contributed by atoms with Gasteiger partial charge in [-0.05, 0) is 79.1 Å². The molecule has 1 aliphatic rings. The van der Waals surface area contributed by atoms with Crippen molar-refractivity contribution in [3.8, 4) is 5.75 Å². The van der Waals surface area contributed by atoms with Crippen molar-refractivity contribution in [3.63, 3.8) is 0 Å². The van der Waals surface area contributed by atoms with Crippen LogP contribution in [0.15, 0.2) is 60.7 Å². The second kappa shape index (κ2) is 10.7. The molecule has 37 heavy (non-hydrogen) atoms. The number of halogens is 3. The molecule has 0 saturated heterocycles. The fraction of sp³-hybridized carbons (Fsp3) is 0.310. The molecule has 0 heterocycles. The lowest BCUT2D eigenvalue weighted by Gasteiger charge is -2.34. The molecule has 0 unspecified atom stereocenters. The molecule has 3 aromatic rings. The molecule has 8 heteroatoms. The summed E-state index contributed by atoms with van der Waals surface area (Å²) in [6.45, 7) is 3.96. The predicted octanol–water partition coefficient (Wildman–Crippen LogP) is 6.77. The summed E-state index contributed by atoms with van der Waals surface area (Å²) in [5, 5.41) is 11.8. The molecule has 1 fully saturated rings. The molecule has 0 spiro atoms. The number of carbonyl (C=O) groups excluding carboxylic acids is 1. The van der Waals surface area contributed by atoms with Gasteiger partial charge < -0.3 is 15.2 Å². The summed E-state index contributed by atoms with van der Waals surface area (Å²) in [6.07, 6.45) is -3.22. The van der Waals surface area contributed by atoms with Gasteiger partial charge >= 0.3 is 12.1 Å². The number of aliphatic carboxylic acids is 1. The van der Waals surface area contributed by atoms with Crippen LogP contribution in [0.4, 0.5) is 18.9 Å². The van der Waals surface area contributed by atoms with Crippen molar-refractivity contribution < 1.29 is 32.6 Å². The highest BCUT2D eigenvalue weighted by Gasteiger charge is 2.38. The highest BCUT2D eigenvalue weighted by atomic mass is 19.4. The van der Waals surface area contributed by atoms with Crippen molar-refractivity contribution in [2.45, 2.75) is 45.2 Å². The summed E-state index contributed by atoms with van der Waals surface area (Å²) >= 11 is 0. The third-order valence-electron chi connectivity index (χ3n) is 6.79. The summed E-state index contributed by atoms with van der Waals surface area (Å²) in [4.78, 5) is 24.5. The van der Waals surface area contributed by atoms with Gasteiger partial charge in [0.1, 0.15) is 5.75 Å². The first-order valence-corrected chi connectivity index (χ1v) is 12.1. The molecule has 194 valence electrons. The Morgan fingerprint density at radius 1 is 1.00 bits per heavy atom. The second-order valence-corrected chi connectivity index (χ2v) is 9.47. The Labute approximate surface area is 213 Å². The van der Waals surface area contributed by atoms with Crippen molar-refractivity contribution in [2.24, 2.45) is 5.92 Å². The Bertz CT molecular complexity index is 1280. The van der Waals surface area contributed by atoms with Gasteiger partial charge in [0, 0.05) is 17.7 Å². The van der Waals surface area contributed by atoms with Gasteiger partial charge in [-0.1, -0.05) is 36.4 Å². The number of anilines is 1. The van der Waals surface area contributed by atoms with E-state index in [1.165, 1.54) is 6.07 Å². The minimum Gasteiger partial charge on any atom is -0.493 e. The molecule has 0 aromatic heterocycles. The fourth-order valence-electron chi connectivity index (χ4n) is 4.75. The molecule has 0 aliphatic heterocycles. The molecule has 1 saturated carbocycles. The van der Waals surface area contributed by atoms with Gasteiger partial charge in [-0.15, -0.1) is 0 Å². The van der Waals surface area contributed by atoms with Gasteiger partial charge in [0.15, 0.2) is 0 Å². The van der Waals surface area contributed by atoms with Crippen LogP contribution in [-0.2, 0) is 17.4 Å². The SMILES string of the molecule is Cc1cc(OCCc2ccccc2)cc(C)c1C(=O)Nc1cc(C(F)(F)F)ccc1C1CC(C(=O)O)C1. The van der Waals surface area contributed by atoms with Gasteiger partial charge in [-0.2, -0.15) is 13.2 Å². The number of carbonyl (C=O) groups is 2. The van der Waals surface area contributed by atoms with E-state index in [1.54, 1.807) is 26.0 Å². The van der Waals surface area contributed by atoms with E-state index in [0.29, 0.717) is 47.5 Å². The lowest BCUT2D eigenvalue weighted by molar-refractivity contribution is -0.145. The fourth-order valence-corrected chi connectivity index (χ4v) is 4.75. The van der Waals surface area contributed by atoms with E-state index >= 15 is 0 Å². The molecule has 1 amide bonds. The Morgan fingerprint density at radius 2 is 1.65 bits per heavy atom. The highest BCUT2D eigenvalue weighted by molar-refractivity contribution is 6.07. The van der Waals surface area contributed by atoms with Gasteiger partial charge in [-0.25, -0.2) is 0 Å². The average Bonchev–Trinajstić information content (AvgIpc) is 2.78. The third-order valence-corrected chi connectivity index (χ3v) is 6.79. The molecule has 3 aromatic carbocycles. The molecule has 4 rings (SSSR count). The Balaban J connectivity index is 1.52. The van der Waals surface area contributed by atoms with E-state index < -0.39 is 29.5 Å². The van der Waals surface area contributed by atoms with Crippen LogP contribution in [-0.4, -0.2) is 23.6 Å². The quantitative estimate of drug-likeness (QED) is 0.350. The lowest BCUT2D eigenvalue weighted by atomic mass is 9.71. The van der Waals surface area contributed by atoms with Crippen LogP contribution in [0.5, 0.6) is 5.75 Å². The molecule has 0 radical (unpaired) electrons. The average molecular weight is 512 g/mol. The summed E-state index contributed by atoms with van der Waals surface area (Å²) in [5.74, 6) is -1.61. The molecule has 0 atom stereocenters. The Morgan fingerprint density at radius 3 is 2.24 bits per heavy atom. The lowest BCUT2D eigenvalue weighted by Crippen LogP contribution is -2.29. The minimum atomic E-state index is -4.58. The predicted molar refractivity (Wildman–Crippen MR) is 134 cm³/mol. The van der Waals surface area contributed by atoms with Crippen molar-refractivity contribution in [1.82, 2.24) is 0 Å². The molecule has 0 bridgehead atoms. The number of carboxylic acids is 1. The van der Waals surface area contributed by atoms with Crippen LogP contribution in [0.25, 0.3) is 0 Å². The summed E-state index contributed by atoms with van der Waals surface area (Å²) in [7, 11) is 0. The zero-order valence-electron chi connectivity index (χ0n) is 20.6. The number of aryl methyl sites for hydroxylation is 2. The molecule has 5 nitrogen and oxygen atoms in total. The van der Waals surface area contributed by atoms with Crippen LogP contribution >= 0.6 is 0 Å². The number of benzene rings is 3. The van der Waals surface area contributed by atoms with Crippen molar-refractivity contribution >= 4 is 17.6 Å². The summed E-state index contributed by atoms with van der Waals surface area (Å²) in [5.41, 5.74) is 2.45. The molecule has 1 aliphatic carbocycles. The zero-order valence-corrected chi connectivity index (χ0v) is 20.6. The number of amides is 1. The second-order valence-electron chi connectivity index (χ2n) is 9.47. The number of hydrogen-bond donors (Lipinski definition) is 2. The van der Waals surface area contributed by atoms with E-state index in [1.807, 2.05) is 30.3 Å². The van der Waals surface area contributed by atoms with Crippen molar-refractivity contribution in [1.29, 1.82) is 0 Å². The van der Waals surface area contributed by atoms with Crippen LogP contribution < -0.4 is 10.1 Å². The normalized spacial score (nSPS) is 17.1. The van der Waals surface area contributed by atoms with Crippen LogP contribution in [0, 0.1) is 19.8 Å². The first kappa shape index (κ1) is 26.3. The maximum Gasteiger partial charge on any atom is 0.416 e. The first-order valence-electron chi connectivity index (χ1n) is 12.1. The van der Waals surface area contributed by atoms with E-state index in [2.05, 4.69) is 5.32 Å². The van der Waals surface area contributed by atoms with E-state index in [4.69, 9.17) is 4.74 Å². The molecule has 2 N–H and O–H groups in total. The van der Waals surface area contributed by atoms with Crippen molar-refractivity contribution in [3.05, 3.63) is 94.0 Å². The number of rotatable bonds is 8. The Hall–Kier alpha value is -3.81. The zero-order chi connectivity index (χ0) is 26.7. The van der Waals surface area contributed by atoms with Gasteiger partial charge in [-0.3, -0.25) is 9.59 Å². The van der Waals surface area contributed by atoms with E-state index in [-0.39, 0.29) is 11.6 Å². The standard InChI is InChI=1S/C29H28F3NO4/c1-17-12-23(37-11-10-19-6-4-3-5-7-19)13-18(2)26(17)27(34)33-25-16-22(29(30,31)32)8-9-24(25)20-14-21(15-20)28(35)36/h3-9,12-13,16,20-21H,10-11,14-15H2,1-2H3,(H,33,34)(H,35,36). The number of nitrogens with one attached hydrogen (secondary N) is 1. The Kier molecular flexibility index (Phi) is 7.57. The maximum absolute atomic E-state index is 13.4. The van der Waals surface area contributed by atoms with E-state index in [0.717, 1.165) is 24.1 Å². The molecular formula is C29H28F3NO4. The van der Waals surface area contributed by atoms with Gasteiger partial charge in [0.05, 0.1) is 18.1 Å². The molecular weight excluding hydrogens is 483 g/mol. The third kappa shape index (κ3) is 6.13. The number of carboxylic acid groups (broad SMARTS) is 1. The van der Waals surface area contributed by atoms with Crippen LogP contribution in [0.3, 0.4) is 0 Å². The largest absolute Gasteiger partial charge is 0.493 e. The van der Waals surface area contributed by atoms with Crippen LogP contribution in [0.1, 0.15) is 56.9 Å². The number of hydrogen-bond acceptors (Lipinski definition) is 3. The monoisotopic (exact) mass is 511 g/mol.